The predicted molar refractivity (Wildman–Crippen MR) is 40.3 cm³/mol. The van der Waals surface area contributed by atoms with Crippen LogP contribution in [0, 0.1) is 0 Å². The maximum atomic E-state index is 12.0. The average Bonchev–Trinajstić information content (AvgIpc) is 1.96. The third kappa shape index (κ3) is 1.55. The first kappa shape index (κ1) is 8.99. The number of alkyl halides is 2. The maximum Gasteiger partial charge on any atom is 0.284 e. The first-order chi connectivity index (χ1) is 5.52. The van der Waals surface area contributed by atoms with Gasteiger partial charge in [0.25, 0.3) is 6.43 Å². The van der Waals surface area contributed by atoms with Crippen LogP contribution in [-0.4, -0.2) is 10.1 Å². The summed E-state index contributed by atoms with van der Waals surface area (Å²) < 4.78 is 24.0. The molecule has 0 bridgehead atoms. The number of nitrogen functional groups attached to an aromatic ring is 1. The molecule has 0 fully saturated rings. The van der Waals surface area contributed by atoms with Gasteiger partial charge in [0.1, 0.15) is 11.4 Å². The monoisotopic (exact) mass is 194 g/mol. The number of anilines is 1. The maximum absolute atomic E-state index is 12.0. The summed E-state index contributed by atoms with van der Waals surface area (Å²) in [6, 6.07) is 0.941. The summed E-state index contributed by atoms with van der Waals surface area (Å²) in [5, 5.41) is 8.67. The summed E-state index contributed by atoms with van der Waals surface area (Å²) in [6.07, 6.45) is -2.86. The molecule has 6 heteroatoms. The summed E-state index contributed by atoms with van der Waals surface area (Å²) in [5.41, 5.74) is 4.41. The minimum absolute atomic E-state index is 0.0291. The largest absolute Gasteiger partial charge is 0.506 e. The number of pyridine rings is 1. The zero-order valence-electron chi connectivity index (χ0n) is 5.76. The number of aromatic nitrogens is 1. The van der Waals surface area contributed by atoms with E-state index in [1.54, 1.807) is 0 Å². The van der Waals surface area contributed by atoms with E-state index >= 15 is 0 Å². The zero-order chi connectivity index (χ0) is 9.30. The van der Waals surface area contributed by atoms with E-state index in [9.17, 15) is 8.78 Å². The minimum atomic E-state index is -2.86. The van der Waals surface area contributed by atoms with E-state index in [1.165, 1.54) is 0 Å². The predicted octanol–water partition coefficient (Wildman–Crippen LogP) is 1.96. The number of nitrogens with zero attached hydrogens (tertiary/aromatic N) is 1. The molecule has 12 heavy (non-hydrogen) atoms. The molecule has 0 saturated carbocycles. The van der Waals surface area contributed by atoms with Crippen LogP contribution in [0.1, 0.15) is 12.1 Å². The molecule has 1 rings (SSSR count). The van der Waals surface area contributed by atoms with Crippen molar-refractivity contribution in [2.24, 2.45) is 0 Å². The summed E-state index contributed by atoms with van der Waals surface area (Å²) in [7, 11) is 0. The van der Waals surface area contributed by atoms with Gasteiger partial charge in [-0.1, -0.05) is 11.6 Å². The van der Waals surface area contributed by atoms with Gasteiger partial charge >= 0.3 is 0 Å². The Morgan fingerprint density at radius 1 is 1.58 bits per heavy atom. The molecule has 3 N–H and O–H groups in total. The van der Waals surface area contributed by atoms with Crippen LogP contribution in [-0.2, 0) is 0 Å². The molecule has 0 saturated heterocycles. The average molecular weight is 195 g/mol. The lowest BCUT2D eigenvalue weighted by molar-refractivity contribution is 0.142. The first-order valence-electron chi connectivity index (χ1n) is 2.95. The van der Waals surface area contributed by atoms with Gasteiger partial charge in [0.05, 0.1) is 5.69 Å². The molecular weight excluding hydrogens is 190 g/mol. The third-order valence-corrected chi connectivity index (χ3v) is 1.52. The molecule has 0 aliphatic carbocycles. The SMILES string of the molecule is Nc1cc(O)c(C(F)F)nc1Cl. The highest BCUT2D eigenvalue weighted by molar-refractivity contribution is 6.31. The van der Waals surface area contributed by atoms with E-state index in [4.69, 9.17) is 22.4 Å². The highest BCUT2D eigenvalue weighted by atomic mass is 35.5. The summed E-state index contributed by atoms with van der Waals surface area (Å²) >= 11 is 5.35. The molecule has 66 valence electrons. The molecule has 1 aromatic rings. The first-order valence-corrected chi connectivity index (χ1v) is 3.33. The van der Waals surface area contributed by atoms with E-state index in [-0.39, 0.29) is 10.8 Å². The van der Waals surface area contributed by atoms with Crippen molar-refractivity contribution in [3.63, 3.8) is 0 Å². The Morgan fingerprint density at radius 3 is 2.67 bits per heavy atom. The van der Waals surface area contributed by atoms with Crippen LogP contribution in [0.4, 0.5) is 14.5 Å². The van der Waals surface area contributed by atoms with Crippen molar-refractivity contribution in [2.45, 2.75) is 6.43 Å². The smallest absolute Gasteiger partial charge is 0.284 e. The lowest BCUT2D eigenvalue weighted by Gasteiger charge is -2.04. The van der Waals surface area contributed by atoms with Crippen molar-refractivity contribution in [3.8, 4) is 5.75 Å². The van der Waals surface area contributed by atoms with Gasteiger partial charge in [0.15, 0.2) is 5.15 Å². The third-order valence-electron chi connectivity index (χ3n) is 1.22. The Bertz CT molecular complexity index is 306. The summed E-state index contributed by atoms with van der Waals surface area (Å²) in [6.45, 7) is 0. The van der Waals surface area contributed by atoms with Crippen LogP contribution >= 0.6 is 11.6 Å². The molecule has 0 amide bonds. The molecule has 0 radical (unpaired) electrons. The minimum Gasteiger partial charge on any atom is -0.506 e. The molecule has 1 heterocycles. The highest BCUT2D eigenvalue weighted by Crippen LogP contribution is 2.30. The van der Waals surface area contributed by atoms with E-state index < -0.39 is 17.9 Å². The second kappa shape index (κ2) is 3.10. The number of rotatable bonds is 1. The number of aromatic hydroxyl groups is 1. The van der Waals surface area contributed by atoms with E-state index in [0.29, 0.717) is 0 Å². The van der Waals surface area contributed by atoms with Crippen molar-refractivity contribution >= 4 is 17.3 Å². The van der Waals surface area contributed by atoms with E-state index in [2.05, 4.69) is 4.98 Å². The fourth-order valence-electron chi connectivity index (χ4n) is 0.669. The lowest BCUT2D eigenvalue weighted by Crippen LogP contribution is -1.95. The Kier molecular flexibility index (Phi) is 2.32. The van der Waals surface area contributed by atoms with Crippen molar-refractivity contribution < 1.29 is 13.9 Å². The van der Waals surface area contributed by atoms with Gasteiger partial charge in [-0.05, 0) is 0 Å². The van der Waals surface area contributed by atoms with Crippen molar-refractivity contribution in [1.29, 1.82) is 0 Å². The Balaban J connectivity index is 3.23. The number of halogens is 3. The Morgan fingerprint density at radius 2 is 2.17 bits per heavy atom. The van der Waals surface area contributed by atoms with Crippen molar-refractivity contribution in [1.82, 2.24) is 4.98 Å². The van der Waals surface area contributed by atoms with Gasteiger partial charge in [-0.25, -0.2) is 13.8 Å². The number of hydrogen-bond acceptors (Lipinski definition) is 3. The van der Waals surface area contributed by atoms with Crippen LogP contribution in [0.3, 0.4) is 0 Å². The zero-order valence-corrected chi connectivity index (χ0v) is 6.52. The Hall–Kier alpha value is -1.10. The van der Waals surface area contributed by atoms with Gasteiger partial charge < -0.3 is 10.8 Å². The second-order valence-corrected chi connectivity index (χ2v) is 2.43. The second-order valence-electron chi connectivity index (χ2n) is 2.07. The van der Waals surface area contributed by atoms with Crippen molar-refractivity contribution in [3.05, 3.63) is 16.9 Å². The van der Waals surface area contributed by atoms with Crippen molar-refractivity contribution in [2.75, 3.05) is 5.73 Å². The number of nitrogens with two attached hydrogens (primary N) is 1. The fourth-order valence-corrected chi connectivity index (χ4v) is 0.815. The normalized spacial score (nSPS) is 10.7. The molecule has 0 aliphatic heterocycles. The molecule has 0 aliphatic rings. The van der Waals surface area contributed by atoms with E-state index in [1.807, 2.05) is 0 Å². The molecule has 0 spiro atoms. The molecule has 0 aromatic carbocycles. The molecule has 3 nitrogen and oxygen atoms in total. The summed E-state index contributed by atoms with van der Waals surface area (Å²) in [5.74, 6) is -0.646. The van der Waals surface area contributed by atoms with Crippen LogP contribution in [0.15, 0.2) is 6.07 Å². The van der Waals surface area contributed by atoms with Crippen LogP contribution in [0.25, 0.3) is 0 Å². The quantitative estimate of drug-likeness (QED) is 0.672. The van der Waals surface area contributed by atoms with E-state index in [0.717, 1.165) is 6.07 Å². The molecular formula is C6H5ClF2N2O. The summed E-state index contributed by atoms with van der Waals surface area (Å²) in [4.78, 5) is 3.21. The van der Waals surface area contributed by atoms with Crippen LogP contribution in [0.2, 0.25) is 5.15 Å². The molecule has 1 aromatic heterocycles. The Labute approximate surface area is 71.8 Å². The number of hydrogen-bond donors (Lipinski definition) is 2. The highest BCUT2D eigenvalue weighted by Gasteiger charge is 2.16. The molecule has 0 atom stereocenters. The topological polar surface area (TPSA) is 59.1 Å². The van der Waals surface area contributed by atoms with Gasteiger partial charge in [-0.2, -0.15) is 0 Å². The van der Waals surface area contributed by atoms with Crippen LogP contribution < -0.4 is 5.73 Å². The fraction of sp³-hybridized carbons (Fsp3) is 0.167. The van der Waals surface area contributed by atoms with Gasteiger partial charge in [0.2, 0.25) is 0 Å². The standard InChI is InChI=1S/C6H5ClF2N2O/c7-5-2(10)1-3(12)4(11-5)6(8)9/h1,6,12H,10H2. The van der Waals surface area contributed by atoms with Gasteiger partial charge in [0, 0.05) is 6.07 Å². The van der Waals surface area contributed by atoms with Gasteiger partial charge in [-0.3, -0.25) is 0 Å². The molecule has 0 unspecified atom stereocenters. The van der Waals surface area contributed by atoms with Gasteiger partial charge in [-0.15, -0.1) is 0 Å². The lowest BCUT2D eigenvalue weighted by atomic mass is 10.3. The van der Waals surface area contributed by atoms with Crippen LogP contribution in [0.5, 0.6) is 5.75 Å².